The molecule has 0 saturated heterocycles. The lowest BCUT2D eigenvalue weighted by Crippen LogP contribution is -2.30. The molecule has 0 unspecified atom stereocenters. The van der Waals surface area contributed by atoms with E-state index in [9.17, 15) is 9.59 Å². The fraction of sp³-hybridized carbons (Fsp3) is 0.227. The number of thiophene rings is 2. The van der Waals surface area contributed by atoms with E-state index >= 15 is 0 Å². The van der Waals surface area contributed by atoms with Crippen molar-refractivity contribution in [3.8, 4) is 16.1 Å². The van der Waals surface area contributed by atoms with E-state index in [0.29, 0.717) is 21.4 Å². The molecule has 5 nitrogen and oxygen atoms in total. The van der Waals surface area contributed by atoms with Gasteiger partial charge in [0.25, 0.3) is 5.56 Å². The number of nitrogens with zero attached hydrogens (tertiary/aromatic N) is 3. The van der Waals surface area contributed by atoms with Crippen molar-refractivity contribution < 1.29 is 4.79 Å². The largest absolute Gasteiger partial charge is 0.342 e. The lowest BCUT2D eigenvalue weighted by Gasteiger charge is -2.17. The van der Waals surface area contributed by atoms with Crippen molar-refractivity contribution in [3.63, 3.8) is 0 Å². The van der Waals surface area contributed by atoms with Crippen LogP contribution < -0.4 is 5.56 Å². The second-order valence-corrected chi connectivity index (χ2v) is 9.95. The summed E-state index contributed by atoms with van der Waals surface area (Å²) in [6, 6.07) is 13.9. The van der Waals surface area contributed by atoms with Crippen LogP contribution in [0.1, 0.15) is 12.8 Å². The zero-order chi connectivity index (χ0) is 20.7. The van der Waals surface area contributed by atoms with Gasteiger partial charge in [-0.3, -0.25) is 14.2 Å². The molecule has 1 aliphatic rings. The Morgan fingerprint density at radius 1 is 1.20 bits per heavy atom. The van der Waals surface area contributed by atoms with Gasteiger partial charge in [0.15, 0.2) is 5.16 Å². The van der Waals surface area contributed by atoms with Crippen LogP contribution in [-0.2, 0) is 4.79 Å². The Bertz CT molecular complexity index is 1260. The lowest BCUT2D eigenvalue weighted by atomic mass is 10.2. The van der Waals surface area contributed by atoms with E-state index in [1.807, 2.05) is 65.2 Å². The lowest BCUT2D eigenvalue weighted by molar-refractivity contribution is -0.127. The second-order valence-electron chi connectivity index (χ2n) is 7.20. The predicted octanol–water partition coefficient (Wildman–Crippen LogP) is 4.89. The number of carbonyl (C=O) groups is 1. The third-order valence-corrected chi connectivity index (χ3v) is 7.89. The molecular weight excluding hydrogens is 434 g/mol. The van der Waals surface area contributed by atoms with Crippen molar-refractivity contribution in [2.45, 2.75) is 24.0 Å². The quantitative estimate of drug-likeness (QED) is 0.308. The first-order valence-electron chi connectivity index (χ1n) is 9.65. The summed E-state index contributed by atoms with van der Waals surface area (Å²) in [7, 11) is 1.86. The number of carbonyl (C=O) groups excluding carboxylic acids is 1. The maximum absolute atomic E-state index is 13.6. The Morgan fingerprint density at radius 3 is 2.70 bits per heavy atom. The first-order valence-corrected chi connectivity index (χ1v) is 12.4. The van der Waals surface area contributed by atoms with Gasteiger partial charge in [0.1, 0.15) is 4.83 Å². The number of amides is 1. The van der Waals surface area contributed by atoms with Crippen molar-refractivity contribution in [2.75, 3.05) is 12.8 Å². The maximum atomic E-state index is 13.6. The van der Waals surface area contributed by atoms with Crippen LogP contribution in [0.25, 0.3) is 26.3 Å². The first-order chi connectivity index (χ1) is 14.6. The highest BCUT2D eigenvalue weighted by atomic mass is 32.2. The number of para-hydroxylation sites is 1. The Kier molecular flexibility index (Phi) is 5.22. The number of aromatic nitrogens is 2. The van der Waals surface area contributed by atoms with Crippen molar-refractivity contribution >= 4 is 50.6 Å². The predicted molar refractivity (Wildman–Crippen MR) is 125 cm³/mol. The van der Waals surface area contributed by atoms with E-state index in [0.717, 1.165) is 29.0 Å². The fourth-order valence-electron chi connectivity index (χ4n) is 3.38. The number of benzene rings is 1. The van der Waals surface area contributed by atoms with Crippen LogP contribution in [0, 0.1) is 0 Å². The third kappa shape index (κ3) is 3.59. The van der Waals surface area contributed by atoms with E-state index in [2.05, 4.69) is 0 Å². The van der Waals surface area contributed by atoms with Gasteiger partial charge in [-0.05, 0) is 36.4 Å². The van der Waals surface area contributed by atoms with Crippen LogP contribution in [0.4, 0.5) is 0 Å². The molecule has 0 bridgehead atoms. The monoisotopic (exact) mass is 453 g/mol. The number of rotatable bonds is 6. The fourth-order valence-corrected chi connectivity index (χ4v) is 6.12. The van der Waals surface area contributed by atoms with Gasteiger partial charge < -0.3 is 4.90 Å². The van der Waals surface area contributed by atoms with Crippen LogP contribution in [0.2, 0.25) is 0 Å². The zero-order valence-electron chi connectivity index (χ0n) is 16.3. The molecule has 30 heavy (non-hydrogen) atoms. The zero-order valence-corrected chi connectivity index (χ0v) is 18.7. The number of hydrogen-bond donors (Lipinski definition) is 0. The summed E-state index contributed by atoms with van der Waals surface area (Å²) in [4.78, 5) is 34.6. The van der Waals surface area contributed by atoms with E-state index in [1.54, 1.807) is 15.9 Å². The normalized spacial score (nSPS) is 13.6. The summed E-state index contributed by atoms with van der Waals surface area (Å²) in [5, 5.41) is 5.20. The molecule has 4 aromatic rings. The van der Waals surface area contributed by atoms with Gasteiger partial charge in [-0.15, -0.1) is 22.7 Å². The summed E-state index contributed by atoms with van der Waals surface area (Å²) in [6.07, 6.45) is 2.15. The van der Waals surface area contributed by atoms with Gasteiger partial charge in [-0.25, -0.2) is 4.98 Å². The van der Waals surface area contributed by atoms with Gasteiger partial charge in [0.2, 0.25) is 5.91 Å². The maximum Gasteiger partial charge on any atom is 0.268 e. The molecule has 3 heterocycles. The Balaban J connectivity index is 1.60. The Labute approximate surface area is 186 Å². The molecule has 5 rings (SSSR count). The number of fused-ring (bicyclic) bond motifs is 1. The van der Waals surface area contributed by atoms with Crippen LogP contribution in [-0.4, -0.2) is 39.2 Å². The summed E-state index contributed by atoms with van der Waals surface area (Å²) in [5.41, 5.74) is 1.58. The van der Waals surface area contributed by atoms with E-state index in [4.69, 9.17) is 4.98 Å². The van der Waals surface area contributed by atoms with Crippen LogP contribution in [0.5, 0.6) is 0 Å². The molecule has 0 spiro atoms. The van der Waals surface area contributed by atoms with Gasteiger partial charge >= 0.3 is 0 Å². The minimum absolute atomic E-state index is 0.0712. The second kappa shape index (κ2) is 8.02. The molecule has 0 aliphatic heterocycles. The molecule has 1 saturated carbocycles. The Morgan fingerprint density at radius 2 is 2.00 bits per heavy atom. The molecular formula is C22H19N3O2S3. The summed E-state index contributed by atoms with van der Waals surface area (Å²) in [5.74, 6) is 0.336. The first kappa shape index (κ1) is 19.5. The van der Waals surface area contributed by atoms with Gasteiger partial charge in [0.05, 0.1) is 16.8 Å². The number of thioether (sulfide) groups is 1. The molecule has 1 aliphatic carbocycles. The highest BCUT2D eigenvalue weighted by Gasteiger charge is 2.29. The molecule has 0 radical (unpaired) electrons. The topological polar surface area (TPSA) is 55.2 Å². The molecule has 0 atom stereocenters. The SMILES string of the molecule is CN(C(=O)CSc1nc2scc(-c3cccs3)c2c(=O)n1-c1ccccc1)C1CC1. The average Bonchev–Trinajstić information content (AvgIpc) is 3.29. The average molecular weight is 454 g/mol. The van der Waals surface area contributed by atoms with Gasteiger partial charge in [-0.1, -0.05) is 36.0 Å². The molecule has 1 amide bonds. The Hall–Kier alpha value is -2.42. The summed E-state index contributed by atoms with van der Waals surface area (Å²) >= 11 is 4.41. The molecule has 3 aromatic heterocycles. The molecule has 1 fully saturated rings. The van der Waals surface area contributed by atoms with Crippen molar-refractivity contribution in [2.24, 2.45) is 0 Å². The third-order valence-electron chi connectivity index (χ3n) is 5.19. The minimum Gasteiger partial charge on any atom is -0.342 e. The molecule has 0 N–H and O–H groups in total. The number of hydrogen-bond acceptors (Lipinski definition) is 6. The van der Waals surface area contributed by atoms with Gasteiger partial charge in [-0.2, -0.15) is 0 Å². The summed E-state index contributed by atoms with van der Waals surface area (Å²) < 4.78 is 1.64. The standard InChI is InChI=1S/C22H19N3O2S3/c1-24(14-9-10-14)18(26)13-30-22-23-20-19(16(12-29-20)17-8-5-11-28-17)21(27)25(22)15-6-3-2-4-7-15/h2-8,11-12,14H,9-10,13H2,1H3. The van der Waals surface area contributed by atoms with Crippen molar-refractivity contribution in [3.05, 3.63) is 63.6 Å². The van der Waals surface area contributed by atoms with E-state index in [-0.39, 0.29) is 17.2 Å². The summed E-state index contributed by atoms with van der Waals surface area (Å²) in [6.45, 7) is 0. The molecule has 152 valence electrons. The highest BCUT2D eigenvalue weighted by Crippen LogP contribution is 2.35. The molecule has 1 aromatic carbocycles. The van der Waals surface area contributed by atoms with E-state index < -0.39 is 0 Å². The smallest absolute Gasteiger partial charge is 0.268 e. The van der Waals surface area contributed by atoms with Crippen molar-refractivity contribution in [1.29, 1.82) is 0 Å². The highest BCUT2D eigenvalue weighted by molar-refractivity contribution is 7.99. The van der Waals surface area contributed by atoms with Crippen LogP contribution in [0.3, 0.4) is 0 Å². The van der Waals surface area contributed by atoms with Crippen LogP contribution in [0.15, 0.2) is 63.2 Å². The van der Waals surface area contributed by atoms with Crippen LogP contribution >= 0.6 is 34.4 Å². The molecule has 8 heteroatoms. The van der Waals surface area contributed by atoms with E-state index in [1.165, 1.54) is 23.1 Å². The minimum atomic E-state index is -0.0960. The van der Waals surface area contributed by atoms with Gasteiger partial charge in [0, 0.05) is 28.9 Å². The van der Waals surface area contributed by atoms with Crippen molar-refractivity contribution in [1.82, 2.24) is 14.5 Å².